The summed E-state index contributed by atoms with van der Waals surface area (Å²) >= 11 is 9.48. The molecule has 2 nitrogen and oxygen atoms in total. The summed E-state index contributed by atoms with van der Waals surface area (Å²) in [6.07, 6.45) is 5.10. The molecule has 4 heteroatoms. The highest BCUT2D eigenvalue weighted by atomic mass is 79.9. The Labute approximate surface area is 110 Å². The molecular formula is C12H16BrClN2. The van der Waals surface area contributed by atoms with Gasteiger partial charge in [-0.15, -0.1) is 0 Å². The van der Waals surface area contributed by atoms with Gasteiger partial charge in [0.15, 0.2) is 0 Å². The molecule has 0 heterocycles. The monoisotopic (exact) mass is 302 g/mol. The Kier molecular flexibility index (Phi) is 4.25. The van der Waals surface area contributed by atoms with Crippen molar-refractivity contribution in [1.82, 2.24) is 5.43 Å². The molecule has 1 aromatic carbocycles. The van der Waals surface area contributed by atoms with Crippen LogP contribution in [0.3, 0.4) is 0 Å². The minimum atomic E-state index is 0.204. The van der Waals surface area contributed by atoms with Gasteiger partial charge in [-0.3, -0.25) is 11.3 Å². The lowest BCUT2D eigenvalue weighted by Gasteiger charge is -2.16. The molecule has 0 aliphatic heterocycles. The molecule has 16 heavy (non-hydrogen) atoms. The molecule has 0 radical (unpaired) electrons. The van der Waals surface area contributed by atoms with Crippen LogP contribution in [0.15, 0.2) is 22.7 Å². The molecule has 0 amide bonds. The molecule has 1 aromatic rings. The Balaban J connectivity index is 2.04. The molecule has 1 atom stereocenters. The molecule has 1 fully saturated rings. The third-order valence-corrected chi connectivity index (χ3v) is 3.73. The van der Waals surface area contributed by atoms with Gasteiger partial charge in [-0.05, 0) is 42.5 Å². The number of hydrazine groups is 1. The molecular weight excluding hydrogens is 288 g/mol. The van der Waals surface area contributed by atoms with Crippen LogP contribution in [0.2, 0.25) is 5.02 Å². The summed E-state index contributed by atoms with van der Waals surface area (Å²) in [6.45, 7) is 0. The van der Waals surface area contributed by atoms with Crippen LogP contribution in [0.1, 0.15) is 37.3 Å². The Morgan fingerprint density at radius 1 is 1.44 bits per heavy atom. The lowest BCUT2D eigenvalue weighted by molar-refractivity contribution is 0.482. The second-order valence-corrected chi connectivity index (χ2v) is 5.79. The summed E-state index contributed by atoms with van der Waals surface area (Å²) in [5.41, 5.74) is 4.03. The van der Waals surface area contributed by atoms with Crippen molar-refractivity contribution >= 4 is 27.5 Å². The van der Waals surface area contributed by atoms with Crippen molar-refractivity contribution in [1.29, 1.82) is 0 Å². The Bertz CT molecular complexity index is 346. The van der Waals surface area contributed by atoms with Crippen molar-refractivity contribution in [3.8, 4) is 0 Å². The van der Waals surface area contributed by atoms with Crippen LogP contribution in [-0.2, 0) is 0 Å². The summed E-state index contributed by atoms with van der Waals surface area (Å²) in [7, 11) is 0. The summed E-state index contributed by atoms with van der Waals surface area (Å²) in [5.74, 6) is 6.53. The molecule has 1 saturated carbocycles. The number of nitrogens with one attached hydrogen (secondary N) is 1. The van der Waals surface area contributed by atoms with Gasteiger partial charge < -0.3 is 0 Å². The molecule has 1 aliphatic carbocycles. The van der Waals surface area contributed by atoms with Gasteiger partial charge in [-0.25, -0.2) is 0 Å². The summed E-state index contributed by atoms with van der Waals surface area (Å²) in [5, 5.41) is 0.746. The first-order valence-electron chi connectivity index (χ1n) is 5.61. The number of benzene rings is 1. The minimum absolute atomic E-state index is 0.204. The summed E-state index contributed by atoms with van der Waals surface area (Å²) in [6, 6.07) is 6.14. The Hall–Kier alpha value is -0.0900. The first-order valence-corrected chi connectivity index (χ1v) is 6.78. The number of rotatable bonds is 5. The molecule has 0 bridgehead atoms. The van der Waals surface area contributed by atoms with Crippen LogP contribution in [0.5, 0.6) is 0 Å². The van der Waals surface area contributed by atoms with Crippen LogP contribution >= 0.6 is 27.5 Å². The highest BCUT2D eigenvalue weighted by Crippen LogP contribution is 2.36. The zero-order valence-corrected chi connectivity index (χ0v) is 11.4. The average molecular weight is 304 g/mol. The van der Waals surface area contributed by atoms with Crippen LogP contribution < -0.4 is 11.3 Å². The van der Waals surface area contributed by atoms with Crippen LogP contribution in [0, 0.1) is 5.92 Å². The summed E-state index contributed by atoms with van der Waals surface area (Å²) < 4.78 is 1.00. The highest BCUT2D eigenvalue weighted by molar-refractivity contribution is 9.10. The Morgan fingerprint density at radius 3 is 2.75 bits per heavy atom. The van der Waals surface area contributed by atoms with Gasteiger partial charge in [0, 0.05) is 15.5 Å². The van der Waals surface area contributed by atoms with E-state index >= 15 is 0 Å². The van der Waals surface area contributed by atoms with Crippen LogP contribution in [0.4, 0.5) is 0 Å². The van der Waals surface area contributed by atoms with Gasteiger partial charge >= 0.3 is 0 Å². The van der Waals surface area contributed by atoms with Gasteiger partial charge in [0.05, 0.1) is 0 Å². The lowest BCUT2D eigenvalue weighted by atomic mass is 10.0. The molecule has 2 rings (SSSR count). The third kappa shape index (κ3) is 3.45. The molecule has 1 unspecified atom stereocenters. The maximum Gasteiger partial charge on any atom is 0.0461 e. The van der Waals surface area contributed by atoms with E-state index in [1.54, 1.807) is 0 Å². The molecule has 0 spiro atoms. The minimum Gasteiger partial charge on any atom is -0.271 e. The SMILES string of the molecule is NNC(CCC1CC1)c1cc(Cl)cc(Br)c1. The highest BCUT2D eigenvalue weighted by Gasteiger charge is 2.22. The predicted molar refractivity (Wildman–Crippen MR) is 71.2 cm³/mol. The number of nitrogens with two attached hydrogens (primary N) is 1. The molecule has 3 N–H and O–H groups in total. The fraction of sp³-hybridized carbons (Fsp3) is 0.500. The van der Waals surface area contributed by atoms with Crippen molar-refractivity contribution in [3.05, 3.63) is 33.3 Å². The van der Waals surface area contributed by atoms with Gasteiger partial charge in [0.25, 0.3) is 0 Å². The third-order valence-electron chi connectivity index (χ3n) is 3.05. The number of halogens is 2. The molecule has 0 aromatic heterocycles. The fourth-order valence-corrected chi connectivity index (χ4v) is 2.82. The van der Waals surface area contributed by atoms with E-state index < -0.39 is 0 Å². The standard InChI is InChI=1S/C12H16BrClN2/c13-10-5-9(6-11(14)7-10)12(16-15)4-3-8-1-2-8/h5-8,12,16H,1-4,15H2. The van der Waals surface area contributed by atoms with E-state index in [0.717, 1.165) is 27.4 Å². The van der Waals surface area contributed by atoms with Gasteiger partial charge in [-0.1, -0.05) is 40.4 Å². The number of hydrogen-bond acceptors (Lipinski definition) is 2. The van der Waals surface area contributed by atoms with E-state index in [1.807, 2.05) is 12.1 Å². The lowest BCUT2D eigenvalue weighted by Crippen LogP contribution is -2.28. The summed E-state index contributed by atoms with van der Waals surface area (Å²) in [4.78, 5) is 0. The topological polar surface area (TPSA) is 38.0 Å². The van der Waals surface area contributed by atoms with Crippen LogP contribution in [-0.4, -0.2) is 0 Å². The van der Waals surface area contributed by atoms with E-state index in [0.29, 0.717) is 0 Å². The van der Waals surface area contributed by atoms with Gasteiger partial charge in [0.2, 0.25) is 0 Å². The largest absolute Gasteiger partial charge is 0.271 e. The van der Waals surface area contributed by atoms with E-state index in [2.05, 4.69) is 27.4 Å². The smallest absolute Gasteiger partial charge is 0.0461 e. The number of hydrogen-bond donors (Lipinski definition) is 2. The fourth-order valence-electron chi connectivity index (χ4n) is 1.93. The first kappa shape index (κ1) is 12.4. The van der Waals surface area contributed by atoms with Crippen molar-refractivity contribution in [2.75, 3.05) is 0 Å². The zero-order valence-electron chi connectivity index (χ0n) is 9.05. The maximum absolute atomic E-state index is 6.03. The van der Waals surface area contributed by atoms with Crippen molar-refractivity contribution in [3.63, 3.8) is 0 Å². The van der Waals surface area contributed by atoms with Gasteiger partial charge in [-0.2, -0.15) is 0 Å². The van der Waals surface area contributed by atoms with E-state index in [9.17, 15) is 0 Å². The second kappa shape index (κ2) is 5.50. The van der Waals surface area contributed by atoms with Gasteiger partial charge in [0.1, 0.15) is 0 Å². The van der Waals surface area contributed by atoms with Crippen molar-refractivity contribution in [2.24, 2.45) is 11.8 Å². The normalized spacial score (nSPS) is 17.4. The maximum atomic E-state index is 6.03. The van der Waals surface area contributed by atoms with E-state index in [-0.39, 0.29) is 6.04 Å². The molecule has 88 valence electrons. The van der Waals surface area contributed by atoms with Crippen LogP contribution in [0.25, 0.3) is 0 Å². The first-order chi connectivity index (χ1) is 7.69. The second-order valence-electron chi connectivity index (χ2n) is 4.44. The molecule has 1 aliphatic rings. The van der Waals surface area contributed by atoms with Crippen molar-refractivity contribution in [2.45, 2.75) is 31.7 Å². The quantitative estimate of drug-likeness (QED) is 0.641. The molecule has 0 saturated heterocycles. The van der Waals surface area contributed by atoms with Crippen molar-refractivity contribution < 1.29 is 0 Å². The van der Waals surface area contributed by atoms with E-state index in [1.165, 1.54) is 19.3 Å². The Morgan fingerprint density at radius 2 is 2.19 bits per heavy atom. The average Bonchev–Trinajstić information content (AvgIpc) is 3.01. The zero-order chi connectivity index (χ0) is 11.5. The predicted octanol–water partition coefficient (Wildman–Crippen LogP) is 3.80. The van der Waals surface area contributed by atoms with E-state index in [4.69, 9.17) is 17.4 Å².